The van der Waals surface area contributed by atoms with E-state index in [-0.39, 0.29) is 17.0 Å². The van der Waals surface area contributed by atoms with Crippen LogP contribution in [0.4, 0.5) is 20.2 Å². The highest BCUT2D eigenvalue weighted by atomic mass is 19.1. The molecule has 1 N–H and O–H groups in total. The van der Waals surface area contributed by atoms with E-state index in [0.717, 1.165) is 11.0 Å². The van der Waals surface area contributed by atoms with Gasteiger partial charge in [-0.3, -0.25) is 9.59 Å². The van der Waals surface area contributed by atoms with Gasteiger partial charge in [0, 0.05) is 6.07 Å². The fourth-order valence-electron chi connectivity index (χ4n) is 3.42. The van der Waals surface area contributed by atoms with Crippen LogP contribution in [0.25, 0.3) is 5.57 Å². The highest BCUT2D eigenvalue weighted by Crippen LogP contribution is 2.37. The van der Waals surface area contributed by atoms with Crippen molar-refractivity contribution in [1.29, 1.82) is 0 Å². The standard InChI is InChI=1S/C24H18F2N2O4/c1-31-18-10-11-19(20(13-18)32-2)27-22-21(14-6-8-15(25)9-7-14)23(29)28(24(22)30)17-5-3-4-16(26)12-17/h3-13,27H,1-2H3. The summed E-state index contributed by atoms with van der Waals surface area (Å²) in [6, 6.07) is 15.3. The maximum absolute atomic E-state index is 13.8. The minimum Gasteiger partial charge on any atom is -0.497 e. The molecule has 0 fully saturated rings. The quantitative estimate of drug-likeness (QED) is 0.581. The maximum atomic E-state index is 13.8. The molecule has 8 heteroatoms. The molecule has 4 rings (SSSR count). The Labute approximate surface area is 182 Å². The van der Waals surface area contributed by atoms with Gasteiger partial charge >= 0.3 is 0 Å². The number of carbonyl (C=O) groups is 2. The second-order valence-electron chi connectivity index (χ2n) is 6.87. The summed E-state index contributed by atoms with van der Waals surface area (Å²) in [5.41, 5.74) is 0.799. The van der Waals surface area contributed by atoms with E-state index in [1.165, 1.54) is 56.7 Å². The van der Waals surface area contributed by atoms with Crippen molar-refractivity contribution in [2.75, 3.05) is 24.4 Å². The van der Waals surface area contributed by atoms with Gasteiger partial charge in [0.1, 0.15) is 28.8 Å². The zero-order valence-corrected chi connectivity index (χ0v) is 17.2. The van der Waals surface area contributed by atoms with Gasteiger partial charge in [-0.25, -0.2) is 13.7 Å². The van der Waals surface area contributed by atoms with Crippen molar-refractivity contribution >= 4 is 28.8 Å². The number of benzene rings is 3. The molecule has 162 valence electrons. The summed E-state index contributed by atoms with van der Waals surface area (Å²) in [4.78, 5) is 27.5. The molecule has 1 aliphatic heterocycles. The van der Waals surface area contributed by atoms with Gasteiger partial charge in [-0.2, -0.15) is 0 Å². The lowest BCUT2D eigenvalue weighted by Gasteiger charge is -2.16. The molecule has 0 radical (unpaired) electrons. The van der Waals surface area contributed by atoms with Crippen molar-refractivity contribution in [3.05, 3.63) is 89.6 Å². The third kappa shape index (κ3) is 3.78. The zero-order valence-electron chi connectivity index (χ0n) is 17.2. The summed E-state index contributed by atoms with van der Waals surface area (Å²) < 4.78 is 37.8. The van der Waals surface area contributed by atoms with Crippen molar-refractivity contribution < 1.29 is 27.8 Å². The molecule has 0 saturated heterocycles. The monoisotopic (exact) mass is 436 g/mol. The molecular formula is C24H18F2N2O4. The average molecular weight is 436 g/mol. The first-order chi connectivity index (χ1) is 15.4. The third-order valence-electron chi connectivity index (χ3n) is 4.95. The number of ether oxygens (including phenoxy) is 2. The largest absolute Gasteiger partial charge is 0.497 e. The van der Waals surface area contributed by atoms with E-state index in [0.29, 0.717) is 22.7 Å². The molecular weight excluding hydrogens is 418 g/mol. The van der Waals surface area contributed by atoms with Crippen LogP contribution in [0.5, 0.6) is 11.5 Å². The smallest absolute Gasteiger partial charge is 0.282 e. The second-order valence-corrected chi connectivity index (χ2v) is 6.87. The van der Waals surface area contributed by atoms with Crippen molar-refractivity contribution in [2.45, 2.75) is 0 Å². The minimum absolute atomic E-state index is 0.0251. The number of methoxy groups -OCH3 is 2. The van der Waals surface area contributed by atoms with Crippen LogP contribution in [0, 0.1) is 11.6 Å². The van der Waals surface area contributed by atoms with Crippen LogP contribution in [0.1, 0.15) is 5.56 Å². The Morgan fingerprint density at radius 2 is 1.56 bits per heavy atom. The van der Waals surface area contributed by atoms with Crippen LogP contribution in [-0.2, 0) is 9.59 Å². The van der Waals surface area contributed by atoms with Crippen molar-refractivity contribution in [1.82, 2.24) is 0 Å². The Morgan fingerprint density at radius 1 is 0.812 bits per heavy atom. The molecule has 0 aromatic heterocycles. The molecule has 6 nitrogen and oxygen atoms in total. The Hall–Kier alpha value is -4.20. The molecule has 2 amide bonds. The number of amides is 2. The number of nitrogens with one attached hydrogen (secondary N) is 1. The molecule has 3 aromatic rings. The van der Waals surface area contributed by atoms with Crippen molar-refractivity contribution in [3.63, 3.8) is 0 Å². The highest BCUT2D eigenvalue weighted by molar-refractivity contribution is 6.46. The number of rotatable bonds is 6. The zero-order chi connectivity index (χ0) is 22.8. The Morgan fingerprint density at radius 3 is 2.22 bits per heavy atom. The number of hydrogen-bond acceptors (Lipinski definition) is 5. The predicted octanol–water partition coefficient (Wildman–Crippen LogP) is 4.38. The van der Waals surface area contributed by atoms with Crippen LogP contribution in [0.15, 0.2) is 72.4 Å². The Balaban J connectivity index is 1.84. The van der Waals surface area contributed by atoms with E-state index in [1.807, 2.05) is 0 Å². The van der Waals surface area contributed by atoms with Crippen LogP contribution in [-0.4, -0.2) is 26.0 Å². The van der Waals surface area contributed by atoms with Gasteiger partial charge in [0.15, 0.2) is 0 Å². The molecule has 0 spiro atoms. The first kappa shape index (κ1) is 21.0. The number of carbonyl (C=O) groups excluding carboxylic acids is 2. The van der Waals surface area contributed by atoms with Crippen LogP contribution >= 0.6 is 0 Å². The topological polar surface area (TPSA) is 67.9 Å². The minimum atomic E-state index is -0.683. The van der Waals surface area contributed by atoms with Crippen LogP contribution in [0.2, 0.25) is 0 Å². The van der Waals surface area contributed by atoms with Gasteiger partial charge < -0.3 is 14.8 Å². The molecule has 0 aliphatic carbocycles. The fraction of sp³-hybridized carbons (Fsp3) is 0.0833. The summed E-state index contributed by atoms with van der Waals surface area (Å²) in [5.74, 6) is -1.51. The van der Waals surface area contributed by atoms with Crippen molar-refractivity contribution in [3.8, 4) is 11.5 Å². The lowest BCUT2D eigenvalue weighted by molar-refractivity contribution is -0.120. The van der Waals surface area contributed by atoms with Crippen LogP contribution in [0.3, 0.4) is 0 Å². The van der Waals surface area contributed by atoms with E-state index < -0.39 is 23.4 Å². The number of hydrogen-bond donors (Lipinski definition) is 1. The van der Waals surface area contributed by atoms with Gasteiger partial charge in [0.2, 0.25) is 0 Å². The Bertz CT molecular complexity index is 1240. The molecule has 0 bridgehead atoms. The maximum Gasteiger partial charge on any atom is 0.282 e. The summed E-state index contributed by atoms with van der Waals surface area (Å²) in [7, 11) is 2.96. The summed E-state index contributed by atoms with van der Waals surface area (Å²) in [6.45, 7) is 0. The van der Waals surface area contributed by atoms with E-state index in [2.05, 4.69) is 5.32 Å². The number of halogens is 2. The fourth-order valence-corrected chi connectivity index (χ4v) is 3.42. The molecule has 1 heterocycles. The Kier molecular flexibility index (Phi) is 5.59. The van der Waals surface area contributed by atoms with Gasteiger partial charge in [-0.05, 0) is 48.0 Å². The lowest BCUT2D eigenvalue weighted by atomic mass is 10.0. The number of imide groups is 1. The van der Waals surface area contributed by atoms with Gasteiger partial charge in [0.25, 0.3) is 11.8 Å². The van der Waals surface area contributed by atoms with E-state index in [1.54, 1.807) is 18.2 Å². The number of anilines is 2. The lowest BCUT2D eigenvalue weighted by Crippen LogP contribution is -2.32. The van der Waals surface area contributed by atoms with Gasteiger partial charge in [-0.1, -0.05) is 18.2 Å². The molecule has 1 aliphatic rings. The van der Waals surface area contributed by atoms with Crippen LogP contribution < -0.4 is 19.7 Å². The normalized spacial score (nSPS) is 13.6. The molecule has 0 atom stereocenters. The average Bonchev–Trinajstić information content (AvgIpc) is 3.04. The molecule has 0 unspecified atom stereocenters. The van der Waals surface area contributed by atoms with E-state index in [9.17, 15) is 18.4 Å². The van der Waals surface area contributed by atoms with Gasteiger partial charge in [0.05, 0.1) is 31.2 Å². The second kappa shape index (κ2) is 8.50. The first-order valence-electron chi connectivity index (χ1n) is 9.56. The molecule has 3 aromatic carbocycles. The summed E-state index contributed by atoms with van der Waals surface area (Å²) in [5, 5.41) is 2.97. The highest BCUT2D eigenvalue weighted by Gasteiger charge is 2.40. The van der Waals surface area contributed by atoms with Crippen molar-refractivity contribution in [2.24, 2.45) is 0 Å². The van der Waals surface area contributed by atoms with Gasteiger partial charge in [-0.15, -0.1) is 0 Å². The molecule has 32 heavy (non-hydrogen) atoms. The summed E-state index contributed by atoms with van der Waals surface area (Å²) >= 11 is 0. The number of nitrogens with zero attached hydrogens (tertiary/aromatic N) is 1. The van der Waals surface area contributed by atoms with E-state index in [4.69, 9.17) is 9.47 Å². The van der Waals surface area contributed by atoms with E-state index >= 15 is 0 Å². The SMILES string of the molecule is COc1ccc(NC2=C(c3ccc(F)cc3)C(=O)N(c3cccc(F)c3)C2=O)c(OC)c1. The first-order valence-corrected chi connectivity index (χ1v) is 9.56. The third-order valence-corrected chi connectivity index (χ3v) is 4.95. The summed E-state index contributed by atoms with van der Waals surface area (Å²) in [6.07, 6.45) is 0. The predicted molar refractivity (Wildman–Crippen MR) is 115 cm³/mol. The molecule has 0 saturated carbocycles.